The maximum Gasteiger partial charge on any atom is 0.410 e. The lowest BCUT2D eigenvalue weighted by atomic mass is 10.1. The number of hydrogen-bond donors (Lipinski definition) is 2. The molecule has 9 heteroatoms. The van der Waals surface area contributed by atoms with Crippen LogP contribution in [0.2, 0.25) is 5.15 Å². The van der Waals surface area contributed by atoms with Crippen molar-refractivity contribution < 1.29 is 13.9 Å². The molecule has 0 aliphatic rings. The van der Waals surface area contributed by atoms with Crippen LogP contribution >= 0.6 is 11.6 Å². The number of carbonyl (C=O) groups is 1. The highest BCUT2D eigenvalue weighted by Crippen LogP contribution is 2.18. The summed E-state index contributed by atoms with van der Waals surface area (Å²) in [5.41, 5.74) is 2.29. The van der Waals surface area contributed by atoms with Crippen molar-refractivity contribution in [2.45, 2.75) is 33.3 Å². The van der Waals surface area contributed by atoms with Gasteiger partial charge in [-0.1, -0.05) is 11.6 Å². The Kier molecular flexibility index (Phi) is 6.87. The number of nitrogens with one attached hydrogen (secondary N) is 2. The van der Waals surface area contributed by atoms with Crippen LogP contribution < -0.4 is 5.43 Å². The fourth-order valence-corrected chi connectivity index (χ4v) is 2.13. The first-order valence-electron chi connectivity index (χ1n) is 7.55. The standard InChI is InChI=1S/C16H23ClFN5O2/c1-9-7-10(12(18)14(17)21-9)13(19)11(22-20-5)8-23(6)15(24)25-16(2,3)4/h7,19-20H,8H2,1-6H3/b19-13?,22-11-. The number of hydrazone groups is 1. The van der Waals surface area contributed by atoms with Crippen LogP contribution in [0.4, 0.5) is 9.18 Å². The SMILES string of the molecule is CN/N=C(/CN(C)C(=O)OC(C)(C)C)C(=N)c1cc(C)nc(Cl)c1F. The van der Waals surface area contributed by atoms with Gasteiger partial charge in [0.1, 0.15) is 11.3 Å². The molecule has 0 fully saturated rings. The molecule has 1 rings (SSSR count). The molecule has 0 aromatic carbocycles. The third kappa shape index (κ3) is 5.97. The third-order valence-corrected chi connectivity index (χ3v) is 3.19. The highest BCUT2D eigenvalue weighted by Gasteiger charge is 2.24. The van der Waals surface area contributed by atoms with E-state index >= 15 is 0 Å². The van der Waals surface area contributed by atoms with Crippen molar-refractivity contribution >= 4 is 29.1 Å². The molecule has 1 amide bonds. The normalized spacial score (nSPS) is 11.9. The molecule has 1 heterocycles. The molecule has 138 valence electrons. The molecule has 0 spiro atoms. The second-order valence-corrected chi connectivity index (χ2v) is 6.77. The Morgan fingerprint density at radius 3 is 2.64 bits per heavy atom. The van der Waals surface area contributed by atoms with Gasteiger partial charge in [0.2, 0.25) is 0 Å². The van der Waals surface area contributed by atoms with E-state index in [0.29, 0.717) is 5.69 Å². The zero-order chi connectivity index (χ0) is 19.4. The van der Waals surface area contributed by atoms with Crippen molar-refractivity contribution in [3.63, 3.8) is 0 Å². The molecule has 2 N–H and O–H groups in total. The number of aryl methyl sites for hydroxylation is 1. The smallest absolute Gasteiger partial charge is 0.410 e. The van der Waals surface area contributed by atoms with Crippen LogP contribution in [0.25, 0.3) is 0 Å². The predicted molar refractivity (Wildman–Crippen MR) is 96.1 cm³/mol. The Hall–Kier alpha value is -2.22. The second-order valence-electron chi connectivity index (χ2n) is 6.41. The number of rotatable bonds is 5. The fraction of sp³-hybridized carbons (Fsp3) is 0.500. The van der Waals surface area contributed by atoms with Crippen LogP contribution in [0, 0.1) is 18.2 Å². The molecule has 25 heavy (non-hydrogen) atoms. The Morgan fingerprint density at radius 1 is 1.52 bits per heavy atom. The molecule has 0 unspecified atom stereocenters. The Balaban J connectivity index is 3.07. The monoisotopic (exact) mass is 371 g/mol. The molecule has 0 aliphatic heterocycles. The number of amides is 1. The topological polar surface area (TPSA) is 90.7 Å². The zero-order valence-electron chi connectivity index (χ0n) is 15.2. The molecule has 0 bridgehead atoms. The predicted octanol–water partition coefficient (Wildman–Crippen LogP) is 2.99. The van der Waals surface area contributed by atoms with Crippen molar-refractivity contribution in [1.29, 1.82) is 5.41 Å². The van der Waals surface area contributed by atoms with E-state index in [9.17, 15) is 9.18 Å². The van der Waals surface area contributed by atoms with Crippen LogP contribution in [-0.2, 0) is 4.74 Å². The van der Waals surface area contributed by atoms with Gasteiger partial charge in [-0.3, -0.25) is 5.41 Å². The maximum absolute atomic E-state index is 14.2. The first-order chi connectivity index (χ1) is 11.5. The Morgan fingerprint density at radius 2 is 2.12 bits per heavy atom. The molecular formula is C16H23ClFN5O2. The summed E-state index contributed by atoms with van der Waals surface area (Å²) in [6.07, 6.45) is -0.575. The lowest BCUT2D eigenvalue weighted by molar-refractivity contribution is 0.0324. The van der Waals surface area contributed by atoms with E-state index in [2.05, 4.69) is 15.5 Å². The number of ether oxygens (including phenoxy) is 1. The van der Waals surface area contributed by atoms with Crippen molar-refractivity contribution in [1.82, 2.24) is 15.3 Å². The Labute approximate surface area is 151 Å². The minimum Gasteiger partial charge on any atom is -0.444 e. The third-order valence-electron chi connectivity index (χ3n) is 2.94. The van der Waals surface area contributed by atoms with E-state index in [-0.39, 0.29) is 28.7 Å². The van der Waals surface area contributed by atoms with Gasteiger partial charge in [-0.15, -0.1) is 0 Å². The molecule has 0 aliphatic carbocycles. The number of pyridine rings is 1. The van der Waals surface area contributed by atoms with Crippen LogP contribution in [0.1, 0.15) is 32.0 Å². The van der Waals surface area contributed by atoms with Gasteiger partial charge in [0.25, 0.3) is 0 Å². The van der Waals surface area contributed by atoms with Gasteiger partial charge in [0, 0.05) is 25.4 Å². The average Bonchev–Trinajstić information content (AvgIpc) is 2.47. The number of hydrogen-bond acceptors (Lipinski definition) is 6. The molecule has 7 nitrogen and oxygen atoms in total. The summed E-state index contributed by atoms with van der Waals surface area (Å²) in [5, 5.41) is 11.9. The first-order valence-corrected chi connectivity index (χ1v) is 7.93. The minimum absolute atomic E-state index is 0.0379. The van der Waals surface area contributed by atoms with E-state index in [1.54, 1.807) is 34.7 Å². The van der Waals surface area contributed by atoms with E-state index in [1.807, 2.05) is 0 Å². The van der Waals surface area contributed by atoms with E-state index in [0.717, 1.165) is 0 Å². The molecule has 0 radical (unpaired) electrons. The molecule has 1 aromatic heterocycles. The van der Waals surface area contributed by atoms with E-state index in [4.69, 9.17) is 21.7 Å². The van der Waals surface area contributed by atoms with Gasteiger partial charge >= 0.3 is 6.09 Å². The van der Waals surface area contributed by atoms with Gasteiger partial charge in [-0.05, 0) is 33.8 Å². The van der Waals surface area contributed by atoms with Crippen LogP contribution in [-0.4, -0.2) is 53.6 Å². The molecule has 0 atom stereocenters. The van der Waals surface area contributed by atoms with Crippen molar-refractivity contribution in [2.75, 3.05) is 20.6 Å². The first kappa shape index (κ1) is 20.8. The Bertz CT molecular complexity index is 701. The second kappa shape index (κ2) is 8.24. The van der Waals surface area contributed by atoms with E-state index < -0.39 is 17.5 Å². The van der Waals surface area contributed by atoms with Crippen molar-refractivity contribution in [3.05, 3.63) is 28.3 Å². The minimum atomic E-state index is -0.805. The van der Waals surface area contributed by atoms with Crippen LogP contribution in [0.15, 0.2) is 11.2 Å². The number of nitrogens with zero attached hydrogens (tertiary/aromatic N) is 3. The van der Waals surface area contributed by atoms with Crippen molar-refractivity contribution in [2.24, 2.45) is 5.10 Å². The van der Waals surface area contributed by atoms with Gasteiger partial charge in [0.15, 0.2) is 11.0 Å². The summed E-state index contributed by atoms with van der Waals surface area (Å²) in [6.45, 7) is 6.85. The summed E-state index contributed by atoms with van der Waals surface area (Å²) in [6, 6.07) is 1.40. The van der Waals surface area contributed by atoms with Gasteiger partial charge in [-0.25, -0.2) is 14.2 Å². The van der Waals surface area contributed by atoms with E-state index in [1.165, 1.54) is 18.0 Å². The maximum atomic E-state index is 14.2. The van der Waals surface area contributed by atoms with Gasteiger partial charge in [-0.2, -0.15) is 5.10 Å². The average molecular weight is 372 g/mol. The van der Waals surface area contributed by atoms with Gasteiger partial charge < -0.3 is 15.1 Å². The summed E-state index contributed by atoms with van der Waals surface area (Å²) in [4.78, 5) is 17.1. The number of aromatic nitrogens is 1. The summed E-state index contributed by atoms with van der Waals surface area (Å²) < 4.78 is 19.5. The highest BCUT2D eigenvalue weighted by molar-refractivity contribution is 6.48. The lowest BCUT2D eigenvalue weighted by Gasteiger charge is -2.25. The molecular weight excluding hydrogens is 349 g/mol. The van der Waals surface area contributed by atoms with Crippen LogP contribution in [0.5, 0.6) is 0 Å². The summed E-state index contributed by atoms with van der Waals surface area (Å²) >= 11 is 5.75. The highest BCUT2D eigenvalue weighted by atomic mass is 35.5. The van der Waals surface area contributed by atoms with Gasteiger partial charge in [0.05, 0.1) is 12.3 Å². The van der Waals surface area contributed by atoms with Crippen molar-refractivity contribution in [3.8, 4) is 0 Å². The number of carbonyl (C=O) groups excluding carboxylic acids is 1. The zero-order valence-corrected chi connectivity index (χ0v) is 16.0. The molecule has 0 saturated carbocycles. The quantitative estimate of drug-likeness (QED) is 0.473. The van der Waals surface area contributed by atoms with Crippen LogP contribution in [0.3, 0.4) is 0 Å². The lowest BCUT2D eigenvalue weighted by Crippen LogP contribution is -2.39. The largest absolute Gasteiger partial charge is 0.444 e. The summed E-state index contributed by atoms with van der Waals surface area (Å²) in [7, 11) is 3.05. The molecule has 1 aromatic rings. The fourth-order valence-electron chi connectivity index (χ4n) is 1.89. The summed E-state index contributed by atoms with van der Waals surface area (Å²) in [5.74, 6) is -0.805. The number of halogens is 2. The molecule has 0 saturated heterocycles.